The smallest absolute Gasteiger partial charge is 0.124 e. The van der Waals surface area contributed by atoms with Crippen molar-refractivity contribution in [1.29, 1.82) is 5.26 Å². The molecule has 0 amide bonds. The molecule has 0 aromatic heterocycles. The monoisotopic (exact) mass is 222 g/mol. The molecule has 0 heterocycles. The number of nitrogens with zero attached hydrogens (tertiary/aromatic N) is 2. The molecule has 4 heteroatoms. The lowest BCUT2D eigenvalue weighted by Gasteiger charge is -2.16. The van der Waals surface area contributed by atoms with Gasteiger partial charge in [-0.2, -0.15) is 5.26 Å². The molecule has 0 aliphatic heterocycles. The fourth-order valence-electron chi connectivity index (χ4n) is 1.44. The van der Waals surface area contributed by atoms with Crippen LogP contribution in [0.1, 0.15) is 11.1 Å². The third-order valence-electron chi connectivity index (χ3n) is 2.22. The molecule has 0 aliphatic carbocycles. The highest BCUT2D eigenvalue weighted by Gasteiger charge is 2.03. The molecule has 0 aliphatic rings. The number of rotatable bonds is 5. The van der Waals surface area contributed by atoms with E-state index in [1.54, 1.807) is 13.2 Å². The molecule has 16 heavy (non-hydrogen) atoms. The van der Waals surface area contributed by atoms with Gasteiger partial charge in [0.05, 0.1) is 18.2 Å². The van der Waals surface area contributed by atoms with Crippen molar-refractivity contribution in [2.45, 2.75) is 6.54 Å². The molecule has 0 radical (unpaired) electrons. The van der Waals surface area contributed by atoms with Crippen molar-refractivity contribution in [1.82, 2.24) is 4.90 Å². The summed E-state index contributed by atoms with van der Waals surface area (Å²) in [4.78, 5) is 2.01. The van der Waals surface area contributed by atoms with Gasteiger partial charge in [-0.05, 0) is 30.8 Å². The number of halogens is 1. The molecule has 1 aromatic rings. The number of hydrogen-bond acceptors (Lipinski definition) is 3. The predicted molar refractivity (Wildman–Crippen MR) is 59.3 cm³/mol. The third-order valence-corrected chi connectivity index (χ3v) is 2.22. The van der Waals surface area contributed by atoms with Gasteiger partial charge in [-0.1, -0.05) is 0 Å². The molecule has 0 bridgehead atoms. The average molecular weight is 222 g/mol. The van der Waals surface area contributed by atoms with E-state index in [2.05, 4.69) is 0 Å². The van der Waals surface area contributed by atoms with E-state index in [0.29, 0.717) is 18.7 Å². The lowest BCUT2D eigenvalue weighted by Crippen LogP contribution is -2.22. The summed E-state index contributed by atoms with van der Waals surface area (Å²) in [6.07, 6.45) is 0. The van der Waals surface area contributed by atoms with E-state index in [0.717, 1.165) is 12.1 Å². The molecular formula is C12H15FN2O. The van der Waals surface area contributed by atoms with E-state index in [-0.39, 0.29) is 5.82 Å². The molecule has 0 saturated heterocycles. The minimum absolute atomic E-state index is 0.357. The Kier molecular flexibility index (Phi) is 4.90. The maximum atomic E-state index is 13.1. The molecule has 3 nitrogen and oxygen atoms in total. The number of hydrogen-bond donors (Lipinski definition) is 0. The summed E-state index contributed by atoms with van der Waals surface area (Å²) < 4.78 is 18.1. The van der Waals surface area contributed by atoms with Gasteiger partial charge in [-0.3, -0.25) is 4.90 Å². The Hall–Kier alpha value is -1.44. The van der Waals surface area contributed by atoms with Crippen LogP contribution in [0.15, 0.2) is 18.2 Å². The fraction of sp³-hybridized carbons (Fsp3) is 0.417. The number of nitriles is 1. The third kappa shape index (κ3) is 3.97. The van der Waals surface area contributed by atoms with Crippen molar-refractivity contribution in [3.05, 3.63) is 35.1 Å². The van der Waals surface area contributed by atoms with E-state index in [1.165, 1.54) is 12.1 Å². The molecule has 0 unspecified atom stereocenters. The Morgan fingerprint density at radius 3 is 2.81 bits per heavy atom. The van der Waals surface area contributed by atoms with Crippen molar-refractivity contribution in [3.63, 3.8) is 0 Å². The second kappa shape index (κ2) is 6.21. The van der Waals surface area contributed by atoms with Gasteiger partial charge in [0.15, 0.2) is 0 Å². The molecule has 0 saturated carbocycles. The van der Waals surface area contributed by atoms with E-state index in [4.69, 9.17) is 10.00 Å². The second-order valence-corrected chi connectivity index (χ2v) is 3.69. The van der Waals surface area contributed by atoms with Crippen LogP contribution in [-0.4, -0.2) is 32.2 Å². The van der Waals surface area contributed by atoms with Crippen LogP contribution < -0.4 is 0 Å². The van der Waals surface area contributed by atoms with E-state index >= 15 is 0 Å². The normalized spacial score (nSPS) is 10.4. The molecule has 0 fully saturated rings. The first-order valence-electron chi connectivity index (χ1n) is 5.02. The van der Waals surface area contributed by atoms with Gasteiger partial charge in [0.25, 0.3) is 0 Å². The van der Waals surface area contributed by atoms with E-state index in [1.807, 2.05) is 18.0 Å². The molecule has 1 aromatic carbocycles. The molecule has 1 rings (SSSR count). The largest absolute Gasteiger partial charge is 0.383 e. The van der Waals surface area contributed by atoms with Crippen LogP contribution in [-0.2, 0) is 11.3 Å². The average Bonchev–Trinajstić information content (AvgIpc) is 2.25. The van der Waals surface area contributed by atoms with Crippen LogP contribution in [0.5, 0.6) is 0 Å². The summed E-state index contributed by atoms with van der Waals surface area (Å²) in [6, 6.07) is 6.33. The van der Waals surface area contributed by atoms with Gasteiger partial charge >= 0.3 is 0 Å². The highest BCUT2D eigenvalue weighted by atomic mass is 19.1. The van der Waals surface area contributed by atoms with Gasteiger partial charge in [-0.25, -0.2) is 4.39 Å². The molecule has 0 N–H and O–H groups in total. The topological polar surface area (TPSA) is 36.3 Å². The molecular weight excluding hydrogens is 207 g/mol. The van der Waals surface area contributed by atoms with Crippen molar-refractivity contribution in [2.24, 2.45) is 0 Å². The fourth-order valence-corrected chi connectivity index (χ4v) is 1.44. The van der Waals surface area contributed by atoms with Crippen molar-refractivity contribution in [3.8, 4) is 6.07 Å². The quantitative estimate of drug-likeness (QED) is 0.761. The minimum atomic E-state index is -0.366. The van der Waals surface area contributed by atoms with Gasteiger partial charge < -0.3 is 4.74 Å². The zero-order valence-electron chi connectivity index (χ0n) is 9.53. The van der Waals surface area contributed by atoms with Crippen molar-refractivity contribution >= 4 is 0 Å². The van der Waals surface area contributed by atoms with Gasteiger partial charge in [0.1, 0.15) is 5.82 Å². The highest BCUT2D eigenvalue weighted by Crippen LogP contribution is 2.10. The SMILES string of the molecule is COCCN(C)Cc1cc(F)cc(C#N)c1. The van der Waals surface area contributed by atoms with E-state index < -0.39 is 0 Å². The Morgan fingerprint density at radius 2 is 2.19 bits per heavy atom. The van der Waals surface area contributed by atoms with E-state index in [9.17, 15) is 4.39 Å². The zero-order chi connectivity index (χ0) is 12.0. The van der Waals surface area contributed by atoms with Gasteiger partial charge in [0.2, 0.25) is 0 Å². The van der Waals surface area contributed by atoms with Crippen LogP contribution in [0.25, 0.3) is 0 Å². The van der Waals surface area contributed by atoms with Crippen molar-refractivity contribution < 1.29 is 9.13 Å². The number of likely N-dealkylation sites (N-methyl/N-ethyl adjacent to an activating group) is 1. The van der Waals surface area contributed by atoms with Crippen LogP contribution in [0, 0.1) is 17.1 Å². The Labute approximate surface area is 95.1 Å². The maximum Gasteiger partial charge on any atom is 0.124 e. The Balaban J connectivity index is 2.66. The maximum absolute atomic E-state index is 13.1. The summed E-state index contributed by atoms with van der Waals surface area (Å²) in [7, 11) is 3.57. The zero-order valence-corrected chi connectivity index (χ0v) is 9.53. The molecule has 0 atom stereocenters. The first-order valence-corrected chi connectivity index (χ1v) is 5.02. The lowest BCUT2D eigenvalue weighted by atomic mass is 10.1. The first kappa shape index (κ1) is 12.6. The Bertz CT molecular complexity index is 387. The van der Waals surface area contributed by atoms with Crippen LogP contribution >= 0.6 is 0 Å². The van der Waals surface area contributed by atoms with Crippen molar-refractivity contribution in [2.75, 3.05) is 27.3 Å². The standard InChI is InChI=1S/C12H15FN2O/c1-15(3-4-16-2)9-11-5-10(8-14)6-12(13)7-11/h5-7H,3-4,9H2,1-2H3. The molecule has 86 valence electrons. The number of benzene rings is 1. The van der Waals surface area contributed by atoms with Crippen LogP contribution in [0.2, 0.25) is 0 Å². The van der Waals surface area contributed by atoms with Gasteiger partial charge in [-0.15, -0.1) is 0 Å². The summed E-state index contributed by atoms with van der Waals surface area (Å²) in [5, 5.41) is 8.71. The minimum Gasteiger partial charge on any atom is -0.383 e. The second-order valence-electron chi connectivity index (χ2n) is 3.69. The first-order chi connectivity index (χ1) is 7.65. The Morgan fingerprint density at radius 1 is 1.44 bits per heavy atom. The molecule has 0 spiro atoms. The summed E-state index contributed by atoms with van der Waals surface area (Å²) >= 11 is 0. The predicted octanol–water partition coefficient (Wildman–Crippen LogP) is 1.78. The number of ether oxygens (including phenoxy) is 1. The van der Waals surface area contributed by atoms with Crippen LogP contribution in [0.3, 0.4) is 0 Å². The van der Waals surface area contributed by atoms with Gasteiger partial charge in [0, 0.05) is 20.2 Å². The van der Waals surface area contributed by atoms with Crippen LogP contribution in [0.4, 0.5) is 4.39 Å². The summed E-state index contributed by atoms with van der Waals surface area (Å²) in [5.74, 6) is -0.366. The summed E-state index contributed by atoms with van der Waals surface area (Å²) in [5.41, 5.74) is 1.16. The number of methoxy groups -OCH3 is 1. The summed E-state index contributed by atoms with van der Waals surface area (Å²) in [6.45, 7) is 2.02. The highest BCUT2D eigenvalue weighted by molar-refractivity contribution is 5.33. The lowest BCUT2D eigenvalue weighted by molar-refractivity contribution is 0.158.